The summed E-state index contributed by atoms with van der Waals surface area (Å²) < 4.78 is 0. The Kier molecular flexibility index (Phi) is 10.1. The van der Waals surface area contributed by atoms with Crippen LogP contribution < -0.4 is 10.6 Å². The molecule has 1 saturated heterocycles. The minimum absolute atomic E-state index is 0. The predicted octanol–water partition coefficient (Wildman–Crippen LogP) is 1.62. The number of nitrogens with one attached hydrogen (secondary N) is 2. The number of halogens is 1. The first-order valence-corrected chi connectivity index (χ1v) is 9.15. The second-order valence-electron chi connectivity index (χ2n) is 6.38. The maximum Gasteiger partial charge on any atom is 0.191 e. The minimum Gasteiger partial charge on any atom is -0.356 e. The van der Waals surface area contributed by atoms with E-state index in [4.69, 9.17) is 0 Å². The fraction of sp³-hybridized carbons (Fsp3) is 0.750. The number of nitrogens with zero attached hydrogens (tertiary/aromatic N) is 4. The number of guanidine groups is 1. The molecule has 1 aliphatic rings. The Morgan fingerprint density at radius 1 is 1.33 bits per heavy atom. The lowest BCUT2D eigenvalue weighted by Gasteiger charge is -2.34. The molecule has 6 nitrogen and oxygen atoms in total. The number of hydrogen-bond donors (Lipinski definition) is 2. The van der Waals surface area contributed by atoms with Crippen LogP contribution in [0.25, 0.3) is 0 Å². The van der Waals surface area contributed by atoms with Gasteiger partial charge in [-0.1, -0.05) is 6.92 Å². The second kappa shape index (κ2) is 11.2. The van der Waals surface area contributed by atoms with Gasteiger partial charge in [0.25, 0.3) is 0 Å². The van der Waals surface area contributed by atoms with Crippen LogP contribution in [0.4, 0.5) is 0 Å². The highest BCUT2D eigenvalue weighted by Gasteiger charge is 2.16. The first-order chi connectivity index (χ1) is 11.1. The van der Waals surface area contributed by atoms with E-state index in [1.807, 2.05) is 13.2 Å². The number of aliphatic imine (C=N–C) groups is 1. The molecule has 2 rings (SSSR count). The van der Waals surface area contributed by atoms with Crippen molar-refractivity contribution < 1.29 is 0 Å². The minimum atomic E-state index is 0. The number of rotatable bonds is 6. The van der Waals surface area contributed by atoms with Crippen molar-refractivity contribution >= 4 is 41.3 Å². The van der Waals surface area contributed by atoms with E-state index in [-0.39, 0.29) is 24.0 Å². The number of piperazine rings is 1. The lowest BCUT2D eigenvalue weighted by molar-refractivity contribution is 0.139. The first-order valence-electron chi connectivity index (χ1n) is 8.33. The molecule has 0 aromatic carbocycles. The lowest BCUT2D eigenvalue weighted by atomic mass is 10.1. The third-order valence-corrected chi connectivity index (χ3v) is 5.00. The van der Waals surface area contributed by atoms with E-state index >= 15 is 0 Å². The maximum absolute atomic E-state index is 4.36. The summed E-state index contributed by atoms with van der Waals surface area (Å²) in [6, 6.07) is 0. The van der Waals surface area contributed by atoms with Crippen LogP contribution in [0.5, 0.6) is 0 Å². The SMILES string of the molecule is CN=C(NCc1ncc(C)s1)NCC(C)CN1CCN(C)CC1.I. The van der Waals surface area contributed by atoms with E-state index < -0.39 is 0 Å². The molecule has 8 heteroatoms. The van der Waals surface area contributed by atoms with Crippen molar-refractivity contribution in [2.75, 3.05) is 53.4 Å². The average Bonchev–Trinajstić information content (AvgIpc) is 2.95. The van der Waals surface area contributed by atoms with E-state index in [2.05, 4.69) is 51.3 Å². The monoisotopic (exact) mass is 466 g/mol. The smallest absolute Gasteiger partial charge is 0.191 e. The average molecular weight is 466 g/mol. The number of thiazole rings is 1. The molecular weight excluding hydrogens is 435 g/mol. The van der Waals surface area contributed by atoms with E-state index in [1.54, 1.807) is 11.3 Å². The lowest BCUT2D eigenvalue weighted by Crippen LogP contribution is -2.47. The highest BCUT2D eigenvalue weighted by Crippen LogP contribution is 2.10. The summed E-state index contributed by atoms with van der Waals surface area (Å²) in [4.78, 5) is 14.8. The van der Waals surface area contributed by atoms with Gasteiger partial charge in [-0.2, -0.15) is 0 Å². The van der Waals surface area contributed by atoms with Crippen molar-refractivity contribution in [3.8, 4) is 0 Å². The van der Waals surface area contributed by atoms with Crippen molar-refractivity contribution in [1.29, 1.82) is 0 Å². The largest absolute Gasteiger partial charge is 0.356 e. The number of hydrogen-bond acceptors (Lipinski definition) is 5. The molecule has 0 aliphatic carbocycles. The summed E-state index contributed by atoms with van der Waals surface area (Å²) in [7, 11) is 4.01. The Balaban J connectivity index is 0.00000288. The molecule has 24 heavy (non-hydrogen) atoms. The molecular formula is C16H31IN6S. The van der Waals surface area contributed by atoms with Gasteiger partial charge in [0.2, 0.25) is 0 Å². The molecule has 0 spiro atoms. The zero-order valence-corrected chi connectivity index (χ0v) is 18.4. The maximum atomic E-state index is 4.36. The van der Waals surface area contributed by atoms with Crippen LogP contribution in [0, 0.1) is 12.8 Å². The van der Waals surface area contributed by atoms with Gasteiger partial charge < -0.3 is 20.4 Å². The van der Waals surface area contributed by atoms with Gasteiger partial charge in [-0.15, -0.1) is 35.3 Å². The van der Waals surface area contributed by atoms with E-state index in [0.717, 1.165) is 30.6 Å². The van der Waals surface area contributed by atoms with Crippen molar-refractivity contribution in [3.63, 3.8) is 0 Å². The quantitative estimate of drug-likeness (QED) is 0.379. The standard InChI is InChI=1S/C16H30N6S.HI/c1-13(12-22-7-5-21(4)6-8-22)9-19-16(17-3)20-11-15-18-10-14(2)23-15;/h10,13H,5-9,11-12H2,1-4H3,(H2,17,19,20);1H. The van der Waals surface area contributed by atoms with E-state index in [9.17, 15) is 0 Å². The molecule has 0 saturated carbocycles. The van der Waals surface area contributed by atoms with E-state index in [0.29, 0.717) is 5.92 Å². The Bertz CT molecular complexity index is 499. The van der Waals surface area contributed by atoms with Crippen LogP contribution in [-0.2, 0) is 6.54 Å². The van der Waals surface area contributed by atoms with Crippen LogP contribution >= 0.6 is 35.3 Å². The van der Waals surface area contributed by atoms with Gasteiger partial charge in [-0.3, -0.25) is 4.99 Å². The Morgan fingerprint density at radius 3 is 2.62 bits per heavy atom. The van der Waals surface area contributed by atoms with Crippen molar-refractivity contribution in [2.45, 2.75) is 20.4 Å². The predicted molar refractivity (Wildman–Crippen MR) is 114 cm³/mol. The molecule has 0 amide bonds. The number of aromatic nitrogens is 1. The normalized spacial score (nSPS) is 18.1. The zero-order chi connectivity index (χ0) is 16.7. The Morgan fingerprint density at radius 2 is 2.04 bits per heavy atom. The van der Waals surface area contributed by atoms with Gasteiger partial charge in [-0.25, -0.2) is 4.98 Å². The molecule has 138 valence electrons. The van der Waals surface area contributed by atoms with Crippen LogP contribution in [0.3, 0.4) is 0 Å². The summed E-state index contributed by atoms with van der Waals surface area (Å²) >= 11 is 1.72. The molecule has 1 unspecified atom stereocenters. The molecule has 1 aliphatic heterocycles. The van der Waals surface area contributed by atoms with Crippen molar-refractivity contribution in [3.05, 3.63) is 16.1 Å². The molecule has 2 N–H and O–H groups in total. The van der Waals surface area contributed by atoms with Gasteiger partial charge in [0, 0.05) is 57.4 Å². The first kappa shape index (κ1) is 21.6. The van der Waals surface area contributed by atoms with Gasteiger partial charge in [-0.05, 0) is 19.9 Å². The summed E-state index contributed by atoms with van der Waals surface area (Å²) in [5.74, 6) is 1.45. The summed E-state index contributed by atoms with van der Waals surface area (Å²) in [5.41, 5.74) is 0. The Labute approximate surface area is 167 Å². The van der Waals surface area contributed by atoms with Gasteiger partial charge in [0.1, 0.15) is 5.01 Å². The number of aryl methyl sites for hydroxylation is 1. The second-order valence-corrected chi connectivity index (χ2v) is 7.70. The third-order valence-electron chi connectivity index (χ3n) is 4.08. The Hall–Kier alpha value is -0.450. The third kappa shape index (κ3) is 7.62. The summed E-state index contributed by atoms with van der Waals surface area (Å²) in [5, 5.41) is 7.85. The number of likely N-dealkylation sites (N-methyl/N-ethyl adjacent to an activating group) is 1. The van der Waals surface area contributed by atoms with Crippen LogP contribution in [0.2, 0.25) is 0 Å². The van der Waals surface area contributed by atoms with Crippen LogP contribution in [0.1, 0.15) is 16.8 Å². The fourth-order valence-electron chi connectivity index (χ4n) is 2.67. The molecule has 1 aromatic rings. The zero-order valence-electron chi connectivity index (χ0n) is 15.2. The summed E-state index contributed by atoms with van der Waals surface area (Å²) in [6.07, 6.45) is 1.91. The van der Waals surface area contributed by atoms with Gasteiger partial charge in [0.05, 0.1) is 6.54 Å². The topological polar surface area (TPSA) is 55.8 Å². The van der Waals surface area contributed by atoms with Gasteiger partial charge >= 0.3 is 0 Å². The van der Waals surface area contributed by atoms with Crippen LogP contribution in [-0.4, -0.2) is 74.1 Å². The molecule has 1 aromatic heterocycles. The van der Waals surface area contributed by atoms with Crippen molar-refractivity contribution in [2.24, 2.45) is 10.9 Å². The molecule has 0 bridgehead atoms. The van der Waals surface area contributed by atoms with Crippen LogP contribution in [0.15, 0.2) is 11.2 Å². The summed E-state index contributed by atoms with van der Waals surface area (Å²) in [6.45, 7) is 11.9. The molecule has 1 atom stereocenters. The fourth-order valence-corrected chi connectivity index (χ4v) is 3.40. The van der Waals surface area contributed by atoms with Crippen molar-refractivity contribution in [1.82, 2.24) is 25.4 Å². The molecule has 1 fully saturated rings. The molecule has 2 heterocycles. The highest BCUT2D eigenvalue weighted by molar-refractivity contribution is 14.0. The van der Waals surface area contributed by atoms with E-state index in [1.165, 1.54) is 31.1 Å². The van der Waals surface area contributed by atoms with Gasteiger partial charge in [0.15, 0.2) is 5.96 Å². The molecule has 0 radical (unpaired) electrons. The highest BCUT2D eigenvalue weighted by atomic mass is 127.